The molecule has 52 valence electrons. The van der Waals surface area contributed by atoms with Crippen LogP contribution in [0.25, 0.3) is 0 Å². The molecule has 0 amide bonds. The van der Waals surface area contributed by atoms with Gasteiger partial charge in [0.1, 0.15) is 11.5 Å². The monoisotopic (exact) mass is 158 g/mol. The Bertz CT molecular complexity index is 232. The lowest BCUT2D eigenvalue weighted by Crippen LogP contribution is -2.31. The van der Waals surface area contributed by atoms with Crippen molar-refractivity contribution in [2.75, 3.05) is 0 Å². The second-order valence-corrected chi connectivity index (χ2v) is 2.00. The van der Waals surface area contributed by atoms with Crippen LogP contribution in [0.3, 0.4) is 0 Å². The summed E-state index contributed by atoms with van der Waals surface area (Å²) in [6, 6.07) is 0. The van der Waals surface area contributed by atoms with Crippen LogP contribution in [0.1, 0.15) is 0 Å². The minimum atomic E-state index is -1.60. The lowest BCUT2D eigenvalue weighted by atomic mass is 9.83. The first kappa shape index (κ1) is 7.46. The summed E-state index contributed by atoms with van der Waals surface area (Å²) in [6.45, 7) is 0. The number of nitrogens with zero attached hydrogens (tertiary/aromatic N) is 2. The van der Waals surface area contributed by atoms with E-state index in [0.717, 1.165) is 0 Å². The highest BCUT2D eigenvalue weighted by Gasteiger charge is 2.15. The fraction of sp³-hybridized carbons (Fsp3) is 0. The number of hydrogen-bond acceptors (Lipinski definition) is 4. The maximum absolute atomic E-state index is 8.60. The molecule has 0 aliphatic heterocycles. The molecule has 4 nitrogen and oxygen atoms in total. The maximum atomic E-state index is 8.60. The summed E-state index contributed by atoms with van der Waals surface area (Å²) in [5, 5.41) is 17.3. The van der Waals surface area contributed by atoms with Crippen molar-refractivity contribution in [2.45, 2.75) is 0 Å². The minimum absolute atomic E-state index is 0.0602. The molecule has 0 bridgehead atoms. The molecule has 10 heavy (non-hydrogen) atoms. The number of rotatable bonds is 1. The van der Waals surface area contributed by atoms with Gasteiger partial charge in [-0.2, -0.15) is 0 Å². The molecule has 2 N–H and O–H groups in total. The van der Waals surface area contributed by atoms with E-state index in [-0.39, 0.29) is 10.6 Å². The zero-order chi connectivity index (χ0) is 7.56. The van der Waals surface area contributed by atoms with E-state index >= 15 is 0 Å². The molecular weight excluding hydrogens is 154 g/mol. The predicted octanol–water partition coefficient (Wildman–Crippen LogP) is -1.19. The molecule has 0 spiro atoms. The first-order valence-corrected chi connectivity index (χ1v) is 2.91. The molecule has 1 rings (SSSR count). The van der Waals surface area contributed by atoms with Gasteiger partial charge < -0.3 is 10.0 Å². The van der Waals surface area contributed by atoms with Gasteiger partial charge in [0, 0.05) is 11.7 Å². The van der Waals surface area contributed by atoms with Crippen LogP contribution < -0.4 is 5.46 Å². The van der Waals surface area contributed by atoms with E-state index in [2.05, 4.69) is 9.97 Å². The van der Waals surface area contributed by atoms with Crippen molar-refractivity contribution < 1.29 is 10.0 Å². The number of halogens is 1. The van der Waals surface area contributed by atoms with E-state index in [0.29, 0.717) is 0 Å². The quantitative estimate of drug-likeness (QED) is 0.398. The zero-order valence-corrected chi connectivity index (χ0v) is 5.65. The van der Waals surface area contributed by atoms with Gasteiger partial charge in [0.15, 0.2) is 0 Å². The largest absolute Gasteiger partial charge is 0.493 e. The molecule has 1 aromatic heterocycles. The molecule has 1 heterocycles. The molecule has 1 aromatic rings. The Labute approximate surface area is 62.7 Å². The molecule has 0 unspecified atom stereocenters. The predicted molar refractivity (Wildman–Crippen MR) is 36.9 cm³/mol. The van der Waals surface area contributed by atoms with Crippen molar-refractivity contribution in [1.29, 1.82) is 0 Å². The molecule has 6 heteroatoms. The third-order valence-electron chi connectivity index (χ3n) is 0.968. The summed E-state index contributed by atoms with van der Waals surface area (Å²) in [5.74, 6) is 0. The number of hydrogen-bond donors (Lipinski definition) is 2. The van der Waals surface area contributed by atoms with Crippen molar-refractivity contribution in [1.82, 2.24) is 9.97 Å². The fourth-order valence-electron chi connectivity index (χ4n) is 0.499. The third kappa shape index (κ3) is 1.44. The SMILES string of the molecule is OB(O)c1cncnc1Cl. The van der Waals surface area contributed by atoms with Gasteiger partial charge in [0.2, 0.25) is 0 Å². The first-order chi connectivity index (χ1) is 4.72. The Kier molecular flexibility index (Phi) is 2.21. The highest BCUT2D eigenvalue weighted by Crippen LogP contribution is 1.96. The minimum Gasteiger partial charge on any atom is -0.423 e. The van der Waals surface area contributed by atoms with Gasteiger partial charge in [-0.25, -0.2) is 9.97 Å². The molecule has 0 aromatic carbocycles. The van der Waals surface area contributed by atoms with Crippen LogP contribution in [0.15, 0.2) is 12.5 Å². The van der Waals surface area contributed by atoms with Crippen LogP contribution >= 0.6 is 11.6 Å². The highest BCUT2D eigenvalue weighted by molar-refractivity contribution is 6.62. The van der Waals surface area contributed by atoms with Crippen molar-refractivity contribution in [3.63, 3.8) is 0 Å². The van der Waals surface area contributed by atoms with E-state index in [9.17, 15) is 0 Å². The Balaban J connectivity index is 3.03. The third-order valence-corrected chi connectivity index (χ3v) is 1.28. The van der Waals surface area contributed by atoms with Crippen LogP contribution in [0.2, 0.25) is 5.15 Å². The second-order valence-electron chi connectivity index (χ2n) is 1.64. The normalized spacial score (nSPS) is 9.50. The van der Waals surface area contributed by atoms with Gasteiger partial charge in [0.25, 0.3) is 0 Å². The molecule has 0 saturated heterocycles. The topological polar surface area (TPSA) is 66.2 Å². The second kappa shape index (κ2) is 2.96. The Morgan fingerprint density at radius 1 is 1.50 bits per heavy atom. The molecule has 0 aliphatic carbocycles. The average molecular weight is 158 g/mol. The van der Waals surface area contributed by atoms with E-state index in [4.69, 9.17) is 21.6 Å². The first-order valence-electron chi connectivity index (χ1n) is 2.53. The molecule has 0 radical (unpaired) electrons. The van der Waals surface area contributed by atoms with E-state index in [1.807, 2.05) is 0 Å². The standard InChI is InChI=1S/C4H4BClN2O2/c6-4-3(5(9)10)1-7-2-8-4/h1-2,9-10H. The summed E-state index contributed by atoms with van der Waals surface area (Å²) < 4.78 is 0. The van der Waals surface area contributed by atoms with Crippen LogP contribution in [-0.2, 0) is 0 Å². The smallest absolute Gasteiger partial charge is 0.423 e. The molecular formula is C4H4BClN2O2. The zero-order valence-electron chi connectivity index (χ0n) is 4.90. The van der Waals surface area contributed by atoms with Crippen LogP contribution in [-0.4, -0.2) is 27.1 Å². The van der Waals surface area contributed by atoms with Crippen molar-refractivity contribution in [3.8, 4) is 0 Å². The van der Waals surface area contributed by atoms with Gasteiger partial charge >= 0.3 is 7.12 Å². The molecule has 0 aliphatic rings. The van der Waals surface area contributed by atoms with Gasteiger partial charge in [0.05, 0.1) is 0 Å². The molecule has 0 atom stereocenters. The molecule has 0 saturated carbocycles. The van der Waals surface area contributed by atoms with Gasteiger partial charge in [-0.15, -0.1) is 0 Å². The van der Waals surface area contributed by atoms with E-state index in [1.54, 1.807) is 0 Å². The number of aromatic nitrogens is 2. The lowest BCUT2D eigenvalue weighted by Gasteiger charge is -1.97. The van der Waals surface area contributed by atoms with E-state index < -0.39 is 7.12 Å². The molecule has 0 fully saturated rings. The average Bonchev–Trinajstić information content (AvgIpc) is 1.88. The summed E-state index contributed by atoms with van der Waals surface area (Å²) in [6.07, 6.45) is 2.48. The maximum Gasteiger partial charge on any atom is 0.493 e. The van der Waals surface area contributed by atoms with Crippen LogP contribution in [0.5, 0.6) is 0 Å². The van der Waals surface area contributed by atoms with Crippen LogP contribution in [0, 0.1) is 0 Å². The van der Waals surface area contributed by atoms with Gasteiger partial charge in [-0.3, -0.25) is 0 Å². The van der Waals surface area contributed by atoms with Crippen molar-refractivity contribution in [3.05, 3.63) is 17.7 Å². The van der Waals surface area contributed by atoms with Crippen molar-refractivity contribution >= 4 is 24.2 Å². The fourth-order valence-corrected chi connectivity index (χ4v) is 0.689. The van der Waals surface area contributed by atoms with Gasteiger partial charge in [-0.05, 0) is 0 Å². The summed E-state index contributed by atoms with van der Waals surface area (Å²) in [7, 11) is -1.60. The highest BCUT2D eigenvalue weighted by atomic mass is 35.5. The summed E-state index contributed by atoms with van der Waals surface area (Å²) in [5.41, 5.74) is 0.115. The Hall–Kier alpha value is -0.645. The summed E-state index contributed by atoms with van der Waals surface area (Å²) >= 11 is 5.45. The van der Waals surface area contributed by atoms with Crippen molar-refractivity contribution in [2.24, 2.45) is 0 Å². The Morgan fingerprint density at radius 3 is 2.60 bits per heavy atom. The Morgan fingerprint density at radius 2 is 2.20 bits per heavy atom. The van der Waals surface area contributed by atoms with Gasteiger partial charge in [-0.1, -0.05) is 11.6 Å². The van der Waals surface area contributed by atoms with Crippen LogP contribution in [0.4, 0.5) is 0 Å². The lowest BCUT2D eigenvalue weighted by molar-refractivity contribution is 0.425. The van der Waals surface area contributed by atoms with E-state index in [1.165, 1.54) is 12.5 Å². The summed E-state index contributed by atoms with van der Waals surface area (Å²) in [4.78, 5) is 7.09.